The number of nitrogens with one attached hydrogen (secondary N) is 1. The van der Waals surface area contributed by atoms with Crippen LogP contribution in [0.5, 0.6) is 0 Å². The van der Waals surface area contributed by atoms with Gasteiger partial charge in [-0.15, -0.1) is 23.7 Å². The summed E-state index contributed by atoms with van der Waals surface area (Å²) in [6.45, 7) is 6.10. The van der Waals surface area contributed by atoms with Gasteiger partial charge in [-0.05, 0) is 49.0 Å². The molecule has 2 aliphatic rings. The number of likely N-dealkylation sites (tertiary alicyclic amines) is 1. The topological polar surface area (TPSA) is 15.3 Å². The maximum absolute atomic E-state index is 3.54. The number of hydrogen-bond acceptors (Lipinski definition) is 3. The van der Waals surface area contributed by atoms with Crippen molar-refractivity contribution >= 4 is 23.7 Å². The Bertz CT molecular complexity index is 605. The van der Waals surface area contributed by atoms with E-state index in [-0.39, 0.29) is 12.4 Å². The number of nitrogens with zero attached hydrogens (tertiary/aromatic N) is 1. The molecule has 0 radical (unpaired) electrons. The van der Waals surface area contributed by atoms with Crippen molar-refractivity contribution < 1.29 is 0 Å². The molecule has 0 bridgehead atoms. The first-order valence-electron chi connectivity index (χ1n) is 7.90. The van der Waals surface area contributed by atoms with Crippen molar-refractivity contribution in [1.82, 2.24) is 10.2 Å². The van der Waals surface area contributed by atoms with Gasteiger partial charge in [0.05, 0.1) is 0 Å². The number of thiophene rings is 1. The largest absolute Gasteiger partial charge is 0.316 e. The lowest BCUT2D eigenvalue weighted by atomic mass is 9.87. The molecule has 1 N–H and O–H groups in total. The molecule has 1 atom stereocenters. The lowest BCUT2D eigenvalue weighted by Gasteiger charge is -2.22. The lowest BCUT2D eigenvalue weighted by molar-refractivity contribution is 0.270. The smallest absolute Gasteiger partial charge is 0.0346 e. The van der Waals surface area contributed by atoms with E-state index in [0.29, 0.717) is 5.41 Å². The Morgan fingerprint density at radius 3 is 2.73 bits per heavy atom. The SMILES string of the molecule is Cl.c1ccc(-c2ccc(CN3CCC4(CCNC4)C3)s2)cc1. The standard InChI is InChI=1S/C18H22N2S.ClH/c1-2-4-15(5-3-1)17-7-6-16(21-17)12-20-11-9-18(14-20)8-10-19-13-18;/h1-7,19H,8-14H2;1H. The second-order valence-corrected chi connectivity index (χ2v) is 7.69. The van der Waals surface area contributed by atoms with Crippen LogP contribution in [0.4, 0.5) is 0 Å². The summed E-state index contributed by atoms with van der Waals surface area (Å²) in [4.78, 5) is 5.53. The zero-order valence-electron chi connectivity index (χ0n) is 12.8. The van der Waals surface area contributed by atoms with Crippen molar-refractivity contribution in [2.45, 2.75) is 19.4 Å². The van der Waals surface area contributed by atoms with Gasteiger partial charge in [-0.3, -0.25) is 4.90 Å². The van der Waals surface area contributed by atoms with Crippen LogP contribution in [0.1, 0.15) is 17.7 Å². The summed E-state index contributed by atoms with van der Waals surface area (Å²) in [6, 6.07) is 15.3. The fourth-order valence-electron chi connectivity index (χ4n) is 3.75. The highest BCUT2D eigenvalue weighted by Gasteiger charge is 2.40. The highest BCUT2D eigenvalue weighted by molar-refractivity contribution is 7.15. The van der Waals surface area contributed by atoms with Crippen LogP contribution in [0.15, 0.2) is 42.5 Å². The Morgan fingerprint density at radius 1 is 1.09 bits per heavy atom. The first-order chi connectivity index (χ1) is 10.3. The lowest BCUT2D eigenvalue weighted by Crippen LogP contribution is -2.28. The maximum atomic E-state index is 3.54. The van der Waals surface area contributed by atoms with Crippen LogP contribution in [-0.2, 0) is 6.54 Å². The summed E-state index contributed by atoms with van der Waals surface area (Å²) in [7, 11) is 0. The molecule has 1 aromatic heterocycles. The molecule has 0 saturated carbocycles. The van der Waals surface area contributed by atoms with Gasteiger partial charge in [-0.25, -0.2) is 0 Å². The number of halogens is 1. The van der Waals surface area contributed by atoms with Crippen LogP contribution in [0.2, 0.25) is 0 Å². The fourth-order valence-corrected chi connectivity index (χ4v) is 4.80. The highest BCUT2D eigenvalue weighted by Crippen LogP contribution is 2.37. The average molecular weight is 335 g/mol. The van der Waals surface area contributed by atoms with Crippen molar-refractivity contribution in [3.8, 4) is 10.4 Å². The molecular weight excluding hydrogens is 312 g/mol. The van der Waals surface area contributed by atoms with E-state index in [1.807, 2.05) is 11.3 Å². The van der Waals surface area contributed by atoms with Crippen LogP contribution in [0.3, 0.4) is 0 Å². The molecule has 1 spiro atoms. The number of rotatable bonds is 3. The van der Waals surface area contributed by atoms with Gasteiger partial charge in [0, 0.05) is 29.4 Å². The molecule has 2 aromatic rings. The average Bonchev–Trinajstić information content (AvgIpc) is 3.24. The monoisotopic (exact) mass is 334 g/mol. The Hall–Kier alpha value is -0.870. The first-order valence-corrected chi connectivity index (χ1v) is 8.72. The summed E-state index contributed by atoms with van der Waals surface area (Å²) in [6.07, 6.45) is 2.74. The first kappa shape index (κ1) is 16.0. The van der Waals surface area contributed by atoms with Gasteiger partial charge >= 0.3 is 0 Å². The van der Waals surface area contributed by atoms with E-state index in [4.69, 9.17) is 0 Å². The summed E-state index contributed by atoms with van der Waals surface area (Å²) in [5, 5.41) is 3.54. The van der Waals surface area contributed by atoms with Crippen molar-refractivity contribution in [1.29, 1.82) is 0 Å². The molecule has 0 amide bonds. The Morgan fingerprint density at radius 2 is 1.95 bits per heavy atom. The Labute approximate surface area is 142 Å². The molecule has 2 saturated heterocycles. The van der Waals surface area contributed by atoms with Crippen LogP contribution < -0.4 is 5.32 Å². The number of hydrogen-bond donors (Lipinski definition) is 1. The van der Waals surface area contributed by atoms with E-state index < -0.39 is 0 Å². The third-order valence-electron chi connectivity index (χ3n) is 4.95. The van der Waals surface area contributed by atoms with E-state index >= 15 is 0 Å². The van der Waals surface area contributed by atoms with Crippen molar-refractivity contribution in [3.05, 3.63) is 47.3 Å². The minimum absolute atomic E-state index is 0. The quantitative estimate of drug-likeness (QED) is 0.912. The van der Waals surface area contributed by atoms with Gasteiger partial charge in [0.2, 0.25) is 0 Å². The van der Waals surface area contributed by atoms with E-state index in [9.17, 15) is 0 Å². The third-order valence-corrected chi connectivity index (χ3v) is 6.07. The summed E-state index contributed by atoms with van der Waals surface area (Å²) in [5.41, 5.74) is 1.92. The predicted octanol–water partition coefficient (Wildman–Crippen LogP) is 4.02. The molecular formula is C18H23ClN2S. The van der Waals surface area contributed by atoms with E-state index in [2.05, 4.69) is 52.7 Å². The molecule has 3 heterocycles. The zero-order chi connectivity index (χ0) is 14.1. The highest BCUT2D eigenvalue weighted by atomic mass is 35.5. The van der Waals surface area contributed by atoms with Crippen LogP contribution in [0, 0.1) is 5.41 Å². The molecule has 2 fully saturated rings. The second-order valence-electron chi connectivity index (χ2n) is 6.52. The summed E-state index contributed by atoms with van der Waals surface area (Å²) < 4.78 is 0. The maximum Gasteiger partial charge on any atom is 0.0346 e. The van der Waals surface area contributed by atoms with Gasteiger partial charge in [-0.2, -0.15) is 0 Å². The molecule has 2 aliphatic heterocycles. The van der Waals surface area contributed by atoms with E-state index in [0.717, 1.165) is 6.54 Å². The van der Waals surface area contributed by atoms with Gasteiger partial charge in [0.15, 0.2) is 0 Å². The molecule has 22 heavy (non-hydrogen) atoms. The Kier molecular flexibility index (Phi) is 4.88. The van der Waals surface area contributed by atoms with E-state index in [1.165, 1.54) is 54.3 Å². The second kappa shape index (κ2) is 6.71. The predicted molar refractivity (Wildman–Crippen MR) is 96.8 cm³/mol. The van der Waals surface area contributed by atoms with Crippen LogP contribution in [-0.4, -0.2) is 31.1 Å². The molecule has 4 heteroatoms. The summed E-state index contributed by atoms with van der Waals surface area (Å²) >= 11 is 1.95. The third kappa shape index (κ3) is 3.23. The molecule has 118 valence electrons. The zero-order valence-corrected chi connectivity index (χ0v) is 14.4. The minimum atomic E-state index is 0. The fraction of sp³-hybridized carbons (Fsp3) is 0.444. The van der Waals surface area contributed by atoms with Crippen LogP contribution >= 0.6 is 23.7 Å². The molecule has 1 unspecified atom stereocenters. The minimum Gasteiger partial charge on any atom is -0.316 e. The van der Waals surface area contributed by atoms with Crippen molar-refractivity contribution in [3.63, 3.8) is 0 Å². The van der Waals surface area contributed by atoms with Gasteiger partial charge in [0.1, 0.15) is 0 Å². The normalized spacial score (nSPS) is 24.7. The van der Waals surface area contributed by atoms with Gasteiger partial charge < -0.3 is 5.32 Å². The molecule has 4 rings (SSSR count). The van der Waals surface area contributed by atoms with Crippen molar-refractivity contribution in [2.24, 2.45) is 5.41 Å². The molecule has 1 aromatic carbocycles. The van der Waals surface area contributed by atoms with Gasteiger partial charge in [-0.1, -0.05) is 30.3 Å². The van der Waals surface area contributed by atoms with Crippen LogP contribution in [0.25, 0.3) is 10.4 Å². The van der Waals surface area contributed by atoms with Gasteiger partial charge in [0.25, 0.3) is 0 Å². The van der Waals surface area contributed by atoms with Crippen molar-refractivity contribution in [2.75, 3.05) is 26.2 Å². The summed E-state index contributed by atoms with van der Waals surface area (Å²) in [5.74, 6) is 0. The molecule has 0 aliphatic carbocycles. The number of benzene rings is 1. The van der Waals surface area contributed by atoms with E-state index in [1.54, 1.807) is 0 Å². The Balaban J connectivity index is 0.00000144. The molecule has 2 nitrogen and oxygen atoms in total.